The van der Waals surface area contributed by atoms with Gasteiger partial charge in [0.05, 0.1) is 6.10 Å². The molecule has 0 spiro atoms. The molecule has 1 aliphatic carbocycles. The van der Waals surface area contributed by atoms with E-state index in [1.165, 1.54) is 32.1 Å². The van der Waals surface area contributed by atoms with Crippen molar-refractivity contribution in [3.05, 3.63) is 0 Å². The molecule has 3 unspecified atom stereocenters. The number of likely N-dealkylation sites (tertiary alicyclic amines) is 1. The van der Waals surface area contributed by atoms with Gasteiger partial charge in [-0.3, -0.25) is 0 Å². The third-order valence-electron chi connectivity index (χ3n) is 4.22. The van der Waals surface area contributed by atoms with Crippen LogP contribution in [0.4, 0.5) is 0 Å². The van der Waals surface area contributed by atoms with Crippen LogP contribution in [-0.2, 0) is 0 Å². The minimum atomic E-state index is -0.0803. The largest absolute Gasteiger partial charge is 0.396 e. The van der Waals surface area contributed by atoms with Crippen LogP contribution in [0, 0.1) is 11.8 Å². The standard InChI is InChI=1S/C13H25NO2/c15-10-11-4-3-7-14(8-11)9-12-5-1-2-6-13(12)16/h11-13,15-16H,1-10H2. The van der Waals surface area contributed by atoms with Crippen molar-refractivity contribution in [1.29, 1.82) is 0 Å². The third kappa shape index (κ3) is 3.19. The van der Waals surface area contributed by atoms with Crippen LogP contribution >= 0.6 is 0 Å². The summed E-state index contributed by atoms with van der Waals surface area (Å²) in [5.74, 6) is 0.945. The smallest absolute Gasteiger partial charge is 0.0580 e. The molecule has 2 fully saturated rings. The van der Waals surface area contributed by atoms with Gasteiger partial charge < -0.3 is 15.1 Å². The Bertz CT molecular complexity index is 210. The molecule has 2 rings (SSSR count). The Hall–Kier alpha value is -0.120. The van der Waals surface area contributed by atoms with E-state index in [2.05, 4.69) is 4.90 Å². The van der Waals surface area contributed by atoms with Gasteiger partial charge in [-0.1, -0.05) is 12.8 Å². The Labute approximate surface area is 98.5 Å². The van der Waals surface area contributed by atoms with Gasteiger partial charge in [0.1, 0.15) is 0 Å². The quantitative estimate of drug-likeness (QED) is 0.762. The zero-order valence-electron chi connectivity index (χ0n) is 10.1. The predicted molar refractivity (Wildman–Crippen MR) is 64.2 cm³/mol. The third-order valence-corrected chi connectivity index (χ3v) is 4.22. The van der Waals surface area contributed by atoms with Crippen molar-refractivity contribution < 1.29 is 10.2 Å². The zero-order chi connectivity index (χ0) is 11.4. The van der Waals surface area contributed by atoms with Gasteiger partial charge in [0, 0.05) is 19.7 Å². The van der Waals surface area contributed by atoms with Crippen molar-refractivity contribution in [3.8, 4) is 0 Å². The zero-order valence-corrected chi connectivity index (χ0v) is 10.1. The Balaban J connectivity index is 1.79. The number of rotatable bonds is 3. The van der Waals surface area contributed by atoms with E-state index in [0.29, 0.717) is 18.4 Å². The summed E-state index contributed by atoms with van der Waals surface area (Å²) in [5, 5.41) is 19.1. The van der Waals surface area contributed by atoms with E-state index in [9.17, 15) is 10.2 Å². The number of hydrogen-bond acceptors (Lipinski definition) is 3. The summed E-state index contributed by atoms with van der Waals surface area (Å²) in [5.41, 5.74) is 0. The van der Waals surface area contributed by atoms with Crippen LogP contribution in [0.1, 0.15) is 38.5 Å². The van der Waals surface area contributed by atoms with Gasteiger partial charge in [0.2, 0.25) is 0 Å². The first-order valence-electron chi connectivity index (χ1n) is 6.81. The number of aliphatic hydroxyl groups is 2. The molecule has 0 aromatic carbocycles. The molecule has 1 aliphatic heterocycles. The van der Waals surface area contributed by atoms with Crippen molar-refractivity contribution in [3.63, 3.8) is 0 Å². The maximum atomic E-state index is 9.95. The minimum absolute atomic E-state index is 0.0803. The highest BCUT2D eigenvalue weighted by atomic mass is 16.3. The fourth-order valence-electron chi connectivity index (χ4n) is 3.20. The van der Waals surface area contributed by atoms with E-state index in [1.54, 1.807) is 0 Å². The molecule has 0 aromatic heterocycles. The number of nitrogens with zero attached hydrogens (tertiary/aromatic N) is 1. The van der Waals surface area contributed by atoms with Gasteiger partial charge in [0.25, 0.3) is 0 Å². The molecule has 1 saturated carbocycles. The normalized spacial score (nSPS) is 37.5. The molecular weight excluding hydrogens is 202 g/mol. The van der Waals surface area contributed by atoms with Crippen LogP contribution < -0.4 is 0 Å². The fourth-order valence-corrected chi connectivity index (χ4v) is 3.20. The van der Waals surface area contributed by atoms with Crippen molar-refractivity contribution in [1.82, 2.24) is 4.90 Å². The van der Waals surface area contributed by atoms with Gasteiger partial charge in [-0.05, 0) is 44.1 Å². The molecule has 94 valence electrons. The highest BCUT2D eigenvalue weighted by Crippen LogP contribution is 2.26. The second-order valence-electron chi connectivity index (χ2n) is 5.56. The second-order valence-corrected chi connectivity index (χ2v) is 5.56. The summed E-state index contributed by atoms with van der Waals surface area (Å²) in [6.45, 7) is 3.54. The summed E-state index contributed by atoms with van der Waals surface area (Å²) >= 11 is 0. The molecule has 1 heterocycles. The molecule has 0 aromatic rings. The Kier molecular flexibility index (Phi) is 4.62. The average molecular weight is 227 g/mol. The van der Waals surface area contributed by atoms with E-state index in [-0.39, 0.29) is 6.10 Å². The topological polar surface area (TPSA) is 43.7 Å². The molecule has 16 heavy (non-hydrogen) atoms. The molecule has 3 atom stereocenters. The second kappa shape index (κ2) is 5.99. The van der Waals surface area contributed by atoms with E-state index >= 15 is 0 Å². The Morgan fingerprint density at radius 3 is 2.62 bits per heavy atom. The lowest BCUT2D eigenvalue weighted by atomic mass is 9.85. The summed E-state index contributed by atoms with van der Waals surface area (Å²) in [6, 6.07) is 0. The maximum absolute atomic E-state index is 9.95. The minimum Gasteiger partial charge on any atom is -0.396 e. The van der Waals surface area contributed by atoms with Crippen LogP contribution in [0.3, 0.4) is 0 Å². The highest BCUT2D eigenvalue weighted by molar-refractivity contribution is 4.80. The molecule has 0 radical (unpaired) electrons. The number of hydrogen-bond donors (Lipinski definition) is 2. The van der Waals surface area contributed by atoms with Crippen LogP contribution in [0.25, 0.3) is 0 Å². The van der Waals surface area contributed by atoms with E-state index in [0.717, 1.165) is 26.1 Å². The number of aliphatic hydroxyl groups excluding tert-OH is 2. The summed E-state index contributed by atoms with van der Waals surface area (Å²) in [6.07, 6.45) is 6.93. The first-order chi connectivity index (χ1) is 7.79. The molecule has 3 nitrogen and oxygen atoms in total. The lowest BCUT2D eigenvalue weighted by molar-refractivity contribution is 0.0309. The van der Waals surface area contributed by atoms with Crippen molar-refractivity contribution in [2.24, 2.45) is 11.8 Å². The maximum Gasteiger partial charge on any atom is 0.0580 e. The molecule has 2 N–H and O–H groups in total. The molecule has 2 aliphatic rings. The van der Waals surface area contributed by atoms with E-state index < -0.39 is 0 Å². The van der Waals surface area contributed by atoms with Crippen molar-refractivity contribution >= 4 is 0 Å². The SMILES string of the molecule is OCC1CCCN(CC2CCCCC2O)C1. The summed E-state index contributed by atoms with van der Waals surface area (Å²) in [7, 11) is 0. The van der Waals surface area contributed by atoms with Crippen molar-refractivity contribution in [2.45, 2.75) is 44.6 Å². The molecule has 0 bridgehead atoms. The van der Waals surface area contributed by atoms with Gasteiger partial charge in [-0.15, -0.1) is 0 Å². The van der Waals surface area contributed by atoms with Gasteiger partial charge in [-0.25, -0.2) is 0 Å². The first-order valence-corrected chi connectivity index (χ1v) is 6.81. The van der Waals surface area contributed by atoms with Crippen LogP contribution in [0.2, 0.25) is 0 Å². The number of piperidine rings is 1. The first kappa shape index (κ1) is 12.3. The lowest BCUT2D eigenvalue weighted by Gasteiger charge is -2.37. The van der Waals surface area contributed by atoms with Gasteiger partial charge >= 0.3 is 0 Å². The Morgan fingerprint density at radius 1 is 1.06 bits per heavy atom. The molecular formula is C13H25NO2. The predicted octanol–water partition coefficient (Wildman–Crippen LogP) is 1.24. The van der Waals surface area contributed by atoms with Crippen LogP contribution in [0.5, 0.6) is 0 Å². The monoisotopic (exact) mass is 227 g/mol. The highest BCUT2D eigenvalue weighted by Gasteiger charge is 2.27. The van der Waals surface area contributed by atoms with E-state index in [1.807, 2.05) is 0 Å². The fraction of sp³-hybridized carbons (Fsp3) is 1.00. The lowest BCUT2D eigenvalue weighted by Crippen LogP contribution is -2.42. The Morgan fingerprint density at radius 2 is 1.88 bits per heavy atom. The molecule has 0 amide bonds. The van der Waals surface area contributed by atoms with Crippen LogP contribution in [-0.4, -0.2) is 47.5 Å². The van der Waals surface area contributed by atoms with Crippen LogP contribution in [0.15, 0.2) is 0 Å². The summed E-state index contributed by atoms with van der Waals surface area (Å²) in [4.78, 5) is 2.45. The molecule has 1 saturated heterocycles. The summed E-state index contributed by atoms with van der Waals surface area (Å²) < 4.78 is 0. The van der Waals surface area contributed by atoms with E-state index in [4.69, 9.17) is 0 Å². The average Bonchev–Trinajstić information content (AvgIpc) is 2.32. The van der Waals surface area contributed by atoms with Gasteiger partial charge in [0.15, 0.2) is 0 Å². The molecule has 3 heteroatoms. The van der Waals surface area contributed by atoms with Crippen molar-refractivity contribution in [2.75, 3.05) is 26.2 Å². The van der Waals surface area contributed by atoms with Gasteiger partial charge in [-0.2, -0.15) is 0 Å².